The van der Waals surface area contributed by atoms with Crippen LogP contribution in [0.3, 0.4) is 0 Å². The molecule has 0 bridgehead atoms. The molecule has 0 aliphatic carbocycles. The van der Waals surface area contributed by atoms with Crippen LogP contribution in [-0.2, 0) is 11.3 Å². The van der Waals surface area contributed by atoms with Crippen LogP contribution >= 0.6 is 0 Å². The fourth-order valence-corrected chi connectivity index (χ4v) is 2.68. The van der Waals surface area contributed by atoms with E-state index in [2.05, 4.69) is 29.4 Å². The lowest BCUT2D eigenvalue weighted by atomic mass is 9.96. The van der Waals surface area contributed by atoms with E-state index in [1.165, 1.54) is 5.56 Å². The Morgan fingerprint density at radius 2 is 2.19 bits per heavy atom. The molecule has 0 atom stereocenters. The largest absolute Gasteiger partial charge is 0.494 e. The Morgan fingerprint density at radius 1 is 1.43 bits per heavy atom. The van der Waals surface area contributed by atoms with Crippen molar-refractivity contribution >= 4 is 5.91 Å². The first kappa shape index (κ1) is 15.8. The molecule has 0 spiro atoms. The summed E-state index contributed by atoms with van der Waals surface area (Å²) >= 11 is 0. The number of carbonyl (C=O) groups is 1. The van der Waals surface area contributed by atoms with E-state index in [1.54, 1.807) is 0 Å². The van der Waals surface area contributed by atoms with Gasteiger partial charge in [-0.15, -0.1) is 0 Å². The molecular weight excluding hydrogens is 266 g/mol. The molecule has 1 fully saturated rings. The summed E-state index contributed by atoms with van der Waals surface area (Å²) in [5.41, 5.74) is 3.51. The minimum absolute atomic E-state index is 0.0374. The molecule has 0 saturated carbocycles. The Kier molecular flexibility index (Phi) is 6.02. The SMILES string of the molecule is CCCOc1cccc(CN2CCC(C(=O)NN)CC2)c1. The highest BCUT2D eigenvalue weighted by Gasteiger charge is 2.24. The van der Waals surface area contributed by atoms with Gasteiger partial charge in [0, 0.05) is 12.5 Å². The summed E-state index contributed by atoms with van der Waals surface area (Å²) in [5, 5.41) is 0. The fraction of sp³-hybridized carbons (Fsp3) is 0.562. The number of likely N-dealkylation sites (tertiary alicyclic amines) is 1. The van der Waals surface area contributed by atoms with Crippen molar-refractivity contribution in [3.63, 3.8) is 0 Å². The van der Waals surface area contributed by atoms with Crippen LogP contribution in [0.15, 0.2) is 24.3 Å². The van der Waals surface area contributed by atoms with Crippen LogP contribution in [0.2, 0.25) is 0 Å². The summed E-state index contributed by atoms with van der Waals surface area (Å²) in [6, 6.07) is 8.26. The predicted octanol–water partition coefficient (Wildman–Crippen LogP) is 1.68. The second-order valence-electron chi connectivity index (χ2n) is 5.55. The molecule has 5 heteroatoms. The quantitative estimate of drug-likeness (QED) is 0.475. The predicted molar refractivity (Wildman–Crippen MR) is 82.6 cm³/mol. The second kappa shape index (κ2) is 8.00. The summed E-state index contributed by atoms with van der Waals surface area (Å²) in [4.78, 5) is 13.9. The van der Waals surface area contributed by atoms with E-state index in [4.69, 9.17) is 10.6 Å². The first-order chi connectivity index (χ1) is 10.2. The molecule has 1 aliphatic rings. The summed E-state index contributed by atoms with van der Waals surface area (Å²) < 4.78 is 5.66. The number of hydrogen-bond acceptors (Lipinski definition) is 4. The second-order valence-corrected chi connectivity index (χ2v) is 5.55. The van der Waals surface area contributed by atoms with E-state index < -0.39 is 0 Å². The molecule has 5 nitrogen and oxygen atoms in total. The number of hydrazine groups is 1. The zero-order valence-electron chi connectivity index (χ0n) is 12.7. The van der Waals surface area contributed by atoms with Gasteiger partial charge in [0.15, 0.2) is 0 Å². The molecule has 1 aromatic carbocycles. The van der Waals surface area contributed by atoms with Gasteiger partial charge in [-0.05, 0) is 50.0 Å². The summed E-state index contributed by atoms with van der Waals surface area (Å²) in [7, 11) is 0. The minimum atomic E-state index is -0.0374. The number of piperidine rings is 1. The van der Waals surface area contributed by atoms with Crippen molar-refractivity contribution in [3.8, 4) is 5.75 Å². The van der Waals surface area contributed by atoms with Crippen molar-refractivity contribution < 1.29 is 9.53 Å². The van der Waals surface area contributed by atoms with E-state index >= 15 is 0 Å². The Hall–Kier alpha value is -1.59. The third kappa shape index (κ3) is 4.72. The smallest absolute Gasteiger partial charge is 0.237 e. The lowest BCUT2D eigenvalue weighted by Gasteiger charge is -2.31. The number of amides is 1. The molecule has 116 valence electrons. The monoisotopic (exact) mass is 291 g/mol. The van der Waals surface area contributed by atoms with Crippen molar-refractivity contribution in [2.45, 2.75) is 32.7 Å². The lowest BCUT2D eigenvalue weighted by Crippen LogP contribution is -2.42. The molecule has 3 N–H and O–H groups in total. The van der Waals surface area contributed by atoms with Crippen LogP contribution in [0.4, 0.5) is 0 Å². The highest BCUT2D eigenvalue weighted by Crippen LogP contribution is 2.20. The zero-order chi connectivity index (χ0) is 15.1. The van der Waals surface area contributed by atoms with Crippen molar-refractivity contribution in [1.29, 1.82) is 0 Å². The maximum Gasteiger partial charge on any atom is 0.237 e. The molecule has 0 unspecified atom stereocenters. The maximum atomic E-state index is 11.5. The summed E-state index contributed by atoms with van der Waals surface area (Å²) in [6.45, 7) is 5.62. The van der Waals surface area contributed by atoms with Crippen LogP contribution in [0.25, 0.3) is 0 Å². The number of carbonyl (C=O) groups excluding carboxylic acids is 1. The number of rotatable bonds is 6. The van der Waals surface area contributed by atoms with E-state index in [9.17, 15) is 4.79 Å². The fourth-order valence-electron chi connectivity index (χ4n) is 2.68. The van der Waals surface area contributed by atoms with Crippen LogP contribution in [-0.4, -0.2) is 30.5 Å². The Balaban J connectivity index is 1.84. The van der Waals surface area contributed by atoms with Gasteiger partial charge in [-0.25, -0.2) is 5.84 Å². The Labute approximate surface area is 126 Å². The van der Waals surface area contributed by atoms with Crippen LogP contribution in [0, 0.1) is 5.92 Å². The number of ether oxygens (including phenoxy) is 1. The summed E-state index contributed by atoms with van der Waals surface area (Å²) in [5.74, 6) is 6.15. The number of benzene rings is 1. The number of hydrogen-bond donors (Lipinski definition) is 2. The van der Waals surface area contributed by atoms with Gasteiger partial charge in [0.05, 0.1) is 6.61 Å². The first-order valence-corrected chi connectivity index (χ1v) is 7.67. The van der Waals surface area contributed by atoms with Crippen LogP contribution in [0.5, 0.6) is 5.75 Å². The van der Waals surface area contributed by atoms with Gasteiger partial charge in [-0.3, -0.25) is 15.1 Å². The maximum absolute atomic E-state index is 11.5. The van der Waals surface area contributed by atoms with E-state index in [0.717, 1.165) is 51.3 Å². The third-order valence-electron chi connectivity index (χ3n) is 3.88. The Bertz CT molecular complexity index is 457. The number of nitrogens with one attached hydrogen (secondary N) is 1. The molecule has 0 radical (unpaired) electrons. The van der Waals surface area contributed by atoms with Crippen molar-refractivity contribution in [2.24, 2.45) is 11.8 Å². The average Bonchev–Trinajstić information content (AvgIpc) is 2.53. The molecule has 0 aromatic heterocycles. The average molecular weight is 291 g/mol. The minimum Gasteiger partial charge on any atom is -0.494 e. The molecular formula is C16H25N3O2. The third-order valence-corrected chi connectivity index (χ3v) is 3.88. The zero-order valence-corrected chi connectivity index (χ0v) is 12.7. The first-order valence-electron chi connectivity index (χ1n) is 7.67. The number of nitrogens with zero attached hydrogens (tertiary/aromatic N) is 1. The van der Waals surface area contributed by atoms with Gasteiger partial charge in [0.2, 0.25) is 5.91 Å². The van der Waals surface area contributed by atoms with E-state index in [0.29, 0.717) is 0 Å². The van der Waals surface area contributed by atoms with Crippen LogP contribution in [0.1, 0.15) is 31.7 Å². The highest BCUT2D eigenvalue weighted by molar-refractivity contribution is 5.78. The normalized spacial score (nSPS) is 16.7. The molecule has 1 saturated heterocycles. The van der Waals surface area contributed by atoms with Gasteiger partial charge in [0.1, 0.15) is 5.75 Å². The number of nitrogens with two attached hydrogens (primary N) is 1. The van der Waals surface area contributed by atoms with Gasteiger partial charge in [0.25, 0.3) is 0 Å². The van der Waals surface area contributed by atoms with Crippen molar-refractivity contribution in [2.75, 3.05) is 19.7 Å². The highest BCUT2D eigenvalue weighted by atomic mass is 16.5. The summed E-state index contributed by atoms with van der Waals surface area (Å²) in [6.07, 6.45) is 2.76. The van der Waals surface area contributed by atoms with Gasteiger partial charge in [-0.1, -0.05) is 19.1 Å². The lowest BCUT2D eigenvalue weighted by molar-refractivity contribution is -0.126. The van der Waals surface area contributed by atoms with Gasteiger partial charge in [-0.2, -0.15) is 0 Å². The topological polar surface area (TPSA) is 67.6 Å². The van der Waals surface area contributed by atoms with E-state index in [1.807, 2.05) is 12.1 Å². The van der Waals surface area contributed by atoms with E-state index in [-0.39, 0.29) is 11.8 Å². The van der Waals surface area contributed by atoms with Gasteiger partial charge < -0.3 is 4.74 Å². The molecule has 1 heterocycles. The van der Waals surface area contributed by atoms with Crippen LogP contribution < -0.4 is 16.0 Å². The Morgan fingerprint density at radius 3 is 2.86 bits per heavy atom. The molecule has 21 heavy (non-hydrogen) atoms. The molecule has 2 rings (SSSR count). The molecule has 1 aliphatic heterocycles. The molecule has 1 amide bonds. The molecule has 1 aromatic rings. The van der Waals surface area contributed by atoms with Crippen molar-refractivity contribution in [1.82, 2.24) is 10.3 Å². The van der Waals surface area contributed by atoms with Crippen molar-refractivity contribution in [3.05, 3.63) is 29.8 Å². The standard InChI is InChI=1S/C16H25N3O2/c1-2-10-21-15-5-3-4-13(11-15)12-19-8-6-14(7-9-19)16(20)18-17/h3-5,11,14H,2,6-10,12,17H2,1H3,(H,18,20). The van der Waals surface area contributed by atoms with Gasteiger partial charge >= 0.3 is 0 Å².